The summed E-state index contributed by atoms with van der Waals surface area (Å²) < 4.78 is 26.7. The van der Waals surface area contributed by atoms with E-state index in [2.05, 4.69) is 22.4 Å². The van der Waals surface area contributed by atoms with Crippen molar-refractivity contribution in [1.82, 2.24) is 4.31 Å². The number of sulfonamides is 1. The first-order valence-electron chi connectivity index (χ1n) is 9.80. The third kappa shape index (κ3) is 5.10. The van der Waals surface area contributed by atoms with Crippen LogP contribution in [0, 0.1) is 0 Å². The summed E-state index contributed by atoms with van der Waals surface area (Å²) >= 11 is 0. The summed E-state index contributed by atoms with van der Waals surface area (Å²) in [6.45, 7) is 1.62. The van der Waals surface area contributed by atoms with E-state index in [9.17, 15) is 8.42 Å². The Balaban J connectivity index is 0.00000240. The topological polar surface area (TPSA) is 87.8 Å². The van der Waals surface area contributed by atoms with Crippen LogP contribution in [0.4, 0.5) is 5.69 Å². The normalized spacial score (nSPS) is 17.0. The van der Waals surface area contributed by atoms with Crippen LogP contribution in [0.25, 0.3) is 0 Å². The molecule has 0 bridgehead atoms. The minimum atomic E-state index is -3.37. The molecular formula is C21H27IN4O2S. The number of nitrogens with two attached hydrogens (primary N) is 1. The highest BCUT2D eigenvalue weighted by molar-refractivity contribution is 14.0. The van der Waals surface area contributed by atoms with Gasteiger partial charge < -0.3 is 11.1 Å². The molecule has 0 amide bonds. The van der Waals surface area contributed by atoms with Crippen LogP contribution < -0.4 is 11.1 Å². The predicted molar refractivity (Wildman–Crippen MR) is 127 cm³/mol. The van der Waals surface area contributed by atoms with Gasteiger partial charge in [-0.3, -0.25) is 0 Å². The molecule has 29 heavy (non-hydrogen) atoms. The minimum absolute atomic E-state index is 0. The molecule has 8 heteroatoms. The number of nitrogens with one attached hydrogen (secondary N) is 1. The van der Waals surface area contributed by atoms with Crippen LogP contribution in [0.1, 0.15) is 36.0 Å². The molecular weight excluding hydrogens is 499 g/mol. The van der Waals surface area contributed by atoms with Gasteiger partial charge in [0, 0.05) is 18.8 Å². The van der Waals surface area contributed by atoms with Crippen molar-refractivity contribution in [1.29, 1.82) is 0 Å². The minimum Gasteiger partial charge on any atom is -0.370 e. The molecule has 6 nitrogen and oxygen atoms in total. The number of benzene rings is 2. The number of anilines is 1. The first-order valence-corrected chi connectivity index (χ1v) is 11.2. The highest BCUT2D eigenvalue weighted by atomic mass is 127. The van der Waals surface area contributed by atoms with Crippen molar-refractivity contribution in [2.75, 3.05) is 18.4 Å². The van der Waals surface area contributed by atoms with Crippen LogP contribution in [-0.2, 0) is 29.4 Å². The molecule has 1 fully saturated rings. The second-order valence-electron chi connectivity index (χ2n) is 7.42. The van der Waals surface area contributed by atoms with Gasteiger partial charge in [-0.15, -0.1) is 24.0 Å². The van der Waals surface area contributed by atoms with Crippen molar-refractivity contribution in [3.63, 3.8) is 0 Å². The lowest BCUT2D eigenvalue weighted by Gasteiger charge is -2.15. The Bertz CT molecular complexity index is 984. The number of aryl methyl sites for hydroxylation is 2. The lowest BCUT2D eigenvalue weighted by Crippen LogP contribution is -2.27. The second-order valence-corrected chi connectivity index (χ2v) is 9.36. The Labute approximate surface area is 189 Å². The summed E-state index contributed by atoms with van der Waals surface area (Å²) in [6.07, 6.45) is 5.36. The highest BCUT2D eigenvalue weighted by Gasteiger charge is 2.26. The molecule has 3 N–H and O–H groups in total. The van der Waals surface area contributed by atoms with Crippen LogP contribution in [0.5, 0.6) is 0 Å². The van der Waals surface area contributed by atoms with E-state index in [4.69, 9.17) is 5.73 Å². The van der Waals surface area contributed by atoms with Crippen molar-refractivity contribution in [3.05, 3.63) is 59.2 Å². The van der Waals surface area contributed by atoms with Gasteiger partial charge >= 0.3 is 0 Å². The van der Waals surface area contributed by atoms with Crippen molar-refractivity contribution >= 4 is 45.6 Å². The van der Waals surface area contributed by atoms with E-state index < -0.39 is 10.0 Å². The summed E-state index contributed by atoms with van der Waals surface area (Å²) in [5.41, 5.74) is 10.7. The molecule has 2 aromatic rings. The van der Waals surface area contributed by atoms with E-state index in [1.807, 2.05) is 6.07 Å². The molecule has 0 unspecified atom stereocenters. The average Bonchev–Trinajstić information content (AvgIpc) is 3.38. The number of guanidine groups is 1. The fraction of sp³-hybridized carbons (Fsp3) is 0.381. The van der Waals surface area contributed by atoms with Crippen molar-refractivity contribution in [2.45, 2.75) is 43.5 Å². The van der Waals surface area contributed by atoms with Crippen LogP contribution in [0.2, 0.25) is 0 Å². The van der Waals surface area contributed by atoms with Gasteiger partial charge in [0.15, 0.2) is 5.96 Å². The largest absolute Gasteiger partial charge is 0.370 e. The van der Waals surface area contributed by atoms with Gasteiger partial charge in [0.2, 0.25) is 10.0 Å². The molecule has 0 spiro atoms. The van der Waals surface area contributed by atoms with Gasteiger partial charge in [-0.25, -0.2) is 13.4 Å². The molecule has 4 rings (SSSR count). The average molecular weight is 526 g/mol. The smallest absolute Gasteiger partial charge is 0.243 e. The van der Waals surface area contributed by atoms with E-state index in [1.54, 1.807) is 28.6 Å². The van der Waals surface area contributed by atoms with Gasteiger partial charge in [0.1, 0.15) is 0 Å². The Morgan fingerprint density at radius 2 is 1.69 bits per heavy atom. The van der Waals surface area contributed by atoms with E-state index in [0.29, 0.717) is 30.5 Å². The molecule has 0 atom stereocenters. The number of nitrogens with zero attached hydrogens (tertiary/aromatic N) is 2. The Morgan fingerprint density at radius 3 is 2.41 bits per heavy atom. The number of fused-ring (bicyclic) bond motifs is 1. The van der Waals surface area contributed by atoms with Crippen LogP contribution >= 0.6 is 24.0 Å². The molecule has 156 valence electrons. The van der Waals surface area contributed by atoms with E-state index in [-0.39, 0.29) is 24.0 Å². The monoisotopic (exact) mass is 526 g/mol. The van der Waals surface area contributed by atoms with E-state index in [0.717, 1.165) is 36.9 Å². The van der Waals surface area contributed by atoms with Crippen LogP contribution in [-0.4, -0.2) is 31.8 Å². The van der Waals surface area contributed by atoms with Crippen molar-refractivity contribution < 1.29 is 8.42 Å². The summed E-state index contributed by atoms with van der Waals surface area (Å²) in [4.78, 5) is 4.72. The maximum Gasteiger partial charge on any atom is 0.243 e. The lowest BCUT2D eigenvalue weighted by atomic mass is 10.1. The number of halogens is 1. The fourth-order valence-corrected chi connectivity index (χ4v) is 5.37. The zero-order chi connectivity index (χ0) is 19.6. The number of hydrogen-bond acceptors (Lipinski definition) is 3. The zero-order valence-electron chi connectivity index (χ0n) is 16.3. The first-order chi connectivity index (χ1) is 13.5. The van der Waals surface area contributed by atoms with Gasteiger partial charge in [-0.1, -0.05) is 18.2 Å². The Morgan fingerprint density at radius 1 is 1.00 bits per heavy atom. The quantitative estimate of drug-likeness (QED) is 0.355. The molecule has 2 aromatic carbocycles. The molecule has 1 saturated heterocycles. The van der Waals surface area contributed by atoms with Gasteiger partial charge in [0.05, 0.1) is 11.4 Å². The van der Waals surface area contributed by atoms with Crippen molar-refractivity contribution in [3.8, 4) is 0 Å². The van der Waals surface area contributed by atoms with Gasteiger partial charge in [-0.05, 0) is 73.1 Å². The molecule has 1 aliphatic carbocycles. The fourth-order valence-electron chi connectivity index (χ4n) is 3.86. The van der Waals surface area contributed by atoms with Crippen LogP contribution in [0.3, 0.4) is 0 Å². The maximum atomic E-state index is 12.6. The summed E-state index contributed by atoms with van der Waals surface area (Å²) in [7, 11) is -3.37. The highest BCUT2D eigenvalue weighted by Crippen LogP contribution is 2.25. The molecule has 0 aromatic heterocycles. The maximum absolute atomic E-state index is 12.6. The number of hydrogen-bond donors (Lipinski definition) is 2. The van der Waals surface area contributed by atoms with Crippen molar-refractivity contribution in [2.24, 2.45) is 10.7 Å². The predicted octanol–water partition coefficient (Wildman–Crippen LogP) is 3.50. The third-order valence-electron chi connectivity index (χ3n) is 5.43. The third-order valence-corrected chi connectivity index (χ3v) is 7.34. The molecule has 1 heterocycles. The summed E-state index contributed by atoms with van der Waals surface area (Å²) in [6, 6.07) is 13.2. The second kappa shape index (κ2) is 9.44. The molecule has 1 aliphatic heterocycles. The molecule has 0 saturated carbocycles. The molecule has 2 aliphatic rings. The molecule has 0 radical (unpaired) electrons. The number of aliphatic imine (C=N–C) groups is 1. The number of rotatable bonds is 5. The van der Waals surface area contributed by atoms with Gasteiger partial charge in [-0.2, -0.15) is 4.31 Å². The summed E-state index contributed by atoms with van der Waals surface area (Å²) in [5.74, 6) is 0.353. The standard InChI is InChI=1S/C21H26N4O2S.HI/c22-21(24-19-9-8-17-4-3-5-18(17)14-19)23-15-16-6-10-20(11-7-16)28(26,27)25-12-1-2-13-25;/h6-11,14H,1-5,12-13,15H2,(H3,22,23,24);1H. The van der Waals surface area contributed by atoms with Gasteiger partial charge in [0.25, 0.3) is 0 Å². The SMILES string of the molecule is I.NC(=NCc1ccc(S(=O)(=O)N2CCCC2)cc1)Nc1ccc2c(c1)CCC2. The lowest BCUT2D eigenvalue weighted by molar-refractivity contribution is 0.477. The van der Waals surface area contributed by atoms with E-state index in [1.165, 1.54) is 17.5 Å². The first kappa shape index (κ1) is 22.0. The van der Waals surface area contributed by atoms with E-state index >= 15 is 0 Å². The summed E-state index contributed by atoms with van der Waals surface area (Å²) in [5, 5.41) is 3.14. The zero-order valence-corrected chi connectivity index (χ0v) is 19.4. The Kier molecular flexibility index (Phi) is 7.18. The Hall–Kier alpha value is -1.65. The van der Waals surface area contributed by atoms with Crippen LogP contribution in [0.15, 0.2) is 52.4 Å².